The Morgan fingerprint density at radius 1 is 1.09 bits per heavy atom. The largest absolute Gasteiger partial charge is 0.310 e. The second-order valence-corrected chi connectivity index (χ2v) is 6.21. The van der Waals surface area contributed by atoms with E-state index < -0.39 is 0 Å². The van der Waals surface area contributed by atoms with E-state index in [-0.39, 0.29) is 0 Å². The van der Waals surface area contributed by atoms with Crippen LogP contribution < -0.4 is 16.2 Å². The minimum absolute atomic E-state index is 0.371. The van der Waals surface area contributed by atoms with Gasteiger partial charge >= 0.3 is 0 Å². The van der Waals surface area contributed by atoms with Crippen LogP contribution in [-0.4, -0.2) is 13.1 Å². The van der Waals surface area contributed by atoms with Crippen molar-refractivity contribution >= 4 is 0 Å². The molecule has 0 bridgehead atoms. The number of hydrogen-bond donors (Lipinski definition) is 3. The maximum absolute atomic E-state index is 3.67. The van der Waals surface area contributed by atoms with Gasteiger partial charge in [0.25, 0.3) is 0 Å². The van der Waals surface area contributed by atoms with Crippen LogP contribution in [-0.2, 0) is 0 Å². The molecule has 22 heavy (non-hydrogen) atoms. The molecule has 1 saturated heterocycles. The van der Waals surface area contributed by atoms with Gasteiger partial charge in [0.05, 0.1) is 6.04 Å². The van der Waals surface area contributed by atoms with Gasteiger partial charge in [-0.05, 0) is 25.0 Å². The lowest BCUT2D eigenvalue weighted by Crippen LogP contribution is -2.30. The van der Waals surface area contributed by atoms with Crippen LogP contribution in [0.4, 0.5) is 0 Å². The van der Waals surface area contributed by atoms with E-state index in [2.05, 4.69) is 84.6 Å². The molecule has 2 aromatic rings. The predicted molar refractivity (Wildman–Crippen MR) is 91.4 cm³/mol. The fourth-order valence-electron chi connectivity index (χ4n) is 3.04. The van der Waals surface area contributed by atoms with Crippen molar-refractivity contribution in [3.8, 4) is 0 Å². The second kappa shape index (κ2) is 7.05. The Morgan fingerprint density at radius 2 is 1.82 bits per heavy atom. The Hall–Kier alpha value is -1.68. The quantitative estimate of drug-likeness (QED) is 0.793. The molecule has 0 aromatic heterocycles. The van der Waals surface area contributed by atoms with Crippen molar-refractivity contribution in [1.29, 1.82) is 0 Å². The van der Waals surface area contributed by atoms with E-state index >= 15 is 0 Å². The predicted octanol–water partition coefficient (Wildman–Crippen LogP) is 3.11. The first-order valence-corrected chi connectivity index (χ1v) is 8.07. The number of hydrogen-bond acceptors (Lipinski definition) is 3. The van der Waals surface area contributed by atoms with Crippen molar-refractivity contribution in [2.24, 2.45) is 5.92 Å². The van der Waals surface area contributed by atoms with Gasteiger partial charge < -0.3 is 5.32 Å². The van der Waals surface area contributed by atoms with Gasteiger partial charge in [0.15, 0.2) is 0 Å². The molecule has 0 amide bonds. The summed E-state index contributed by atoms with van der Waals surface area (Å²) in [5, 5.41) is 3.67. The fraction of sp³-hybridized carbons (Fsp3) is 0.368. The summed E-state index contributed by atoms with van der Waals surface area (Å²) in [5.74, 6) is 0.550. The van der Waals surface area contributed by atoms with Crippen molar-refractivity contribution in [2.45, 2.75) is 25.9 Å². The molecular weight excluding hydrogens is 270 g/mol. The van der Waals surface area contributed by atoms with Gasteiger partial charge in [-0.15, -0.1) is 0 Å². The summed E-state index contributed by atoms with van der Waals surface area (Å²) >= 11 is 0. The minimum Gasteiger partial charge on any atom is -0.310 e. The van der Waals surface area contributed by atoms with E-state index in [1.807, 2.05) is 0 Å². The van der Waals surface area contributed by atoms with Crippen LogP contribution in [0.15, 0.2) is 54.6 Å². The lowest BCUT2D eigenvalue weighted by atomic mass is 9.94. The molecule has 1 fully saturated rings. The molecule has 3 rings (SSSR count). The molecular formula is C19H25N3. The zero-order valence-corrected chi connectivity index (χ0v) is 13.3. The Balaban J connectivity index is 1.61. The Bertz CT molecular complexity index is 579. The van der Waals surface area contributed by atoms with Crippen molar-refractivity contribution in [1.82, 2.24) is 16.2 Å². The van der Waals surface area contributed by atoms with Gasteiger partial charge in [-0.1, -0.05) is 60.2 Å². The summed E-state index contributed by atoms with van der Waals surface area (Å²) in [6, 6.07) is 20.2. The van der Waals surface area contributed by atoms with Crippen molar-refractivity contribution in [3.63, 3.8) is 0 Å². The Kier molecular flexibility index (Phi) is 4.88. The summed E-state index contributed by atoms with van der Waals surface area (Å²) in [6.07, 6.45) is 0. The summed E-state index contributed by atoms with van der Waals surface area (Å²) in [6.45, 7) is 6.35. The van der Waals surface area contributed by atoms with Crippen LogP contribution in [0.3, 0.4) is 0 Å². The maximum Gasteiger partial charge on any atom is 0.0515 e. The van der Waals surface area contributed by atoms with E-state index in [0.717, 1.165) is 13.1 Å². The molecule has 1 aliphatic heterocycles. The average Bonchev–Trinajstić information content (AvgIpc) is 3.02. The molecule has 3 heteroatoms. The van der Waals surface area contributed by atoms with Crippen molar-refractivity contribution in [2.75, 3.05) is 13.1 Å². The molecule has 3 nitrogen and oxygen atoms in total. The highest BCUT2D eigenvalue weighted by Crippen LogP contribution is 2.25. The molecule has 3 unspecified atom stereocenters. The minimum atomic E-state index is 0.371. The summed E-state index contributed by atoms with van der Waals surface area (Å²) in [4.78, 5) is 0. The normalized spacial score (nSPS) is 22.6. The molecule has 0 spiro atoms. The zero-order valence-electron chi connectivity index (χ0n) is 13.3. The average molecular weight is 295 g/mol. The number of aryl methyl sites for hydroxylation is 1. The van der Waals surface area contributed by atoms with Crippen LogP contribution in [0.1, 0.15) is 35.7 Å². The molecule has 1 heterocycles. The lowest BCUT2D eigenvalue weighted by Gasteiger charge is -2.22. The number of benzene rings is 2. The third-order valence-corrected chi connectivity index (χ3v) is 4.52. The zero-order chi connectivity index (χ0) is 15.4. The van der Waals surface area contributed by atoms with Crippen LogP contribution in [0.5, 0.6) is 0 Å². The summed E-state index contributed by atoms with van der Waals surface area (Å²) < 4.78 is 0. The van der Waals surface area contributed by atoms with E-state index in [1.54, 1.807) is 0 Å². The van der Waals surface area contributed by atoms with Gasteiger partial charge in [-0.25, -0.2) is 5.43 Å². The molecule has 3 N–H and O–H groups in total. The van der Waals surface area contributed by atoms with Crippen LogP contribution in [0, 0.1) is 12.8 Å². The Morgan fingerprint density at radius 3 is 2.55 bits per heavy atom. The molecule has 116 valence electrons. The standard InChI is InChI=1S/C19H25N3/c1-14-8-10-17(11-9-14)19-18(13-21-22-19)12-20-15(2)16-6-4-3-5-7-16/h3-11,15,18-22H,12-13H2,1-2H3. The molecule has 0 aliphatic carbocycles. The second-order valence-electron chi connectivity index (χ2n) is 6.21. The molecule has 2 aromatic carbocycles. The number of rotatable bonds is 5. The summed E-state index contributed by atoms with van der Waals surface area (Å²) in [5.41, 5.74) is 10.7. The maximum atomic E-state index is 3.67. The van der Waals surface area contributed by atoms with Gasteiger partial charge in [0.2, 0.25) is 0 Å². The van der Waals surface area contributed by atoms with E-state index in [9.17, 15) is 0 Å². The van der Waals surface area contributed by atoms with Crippen molar-refractivity contribution in [3.05, 3.63) is 71.3 Å². The van der Waals surface area contributed by atoms with Gasteiger partial charge in [0, 0.05) is 25.0 Å². The number of nitrogens with one attached hydrogen (secondary N) is 3. The van der Waals surface area contributed by atoms with E-state index in [0.29, 0.717) is 18.0 Å². The third kappa shape index (κ3) is 3.55. The number of hydrazine groups is 1. The van der Waals surface area contributed by atoms with Crippen molar-refractivity contribution < 1.29 is 0 Å². The summed E-state index contributed by atoms with van der Waals surface area (Å²) in [7, 11) is 0. The third-order valence-electron chi connectivity index (χ3n) is 4.52. The molecule has 0 saturated carbocycles. The molecule has 1 aliphatic rings. The van der Waals surface area contributed by atoms with Gasteiger partial charge in [-0.2, -0.15) is 0 Å². The van der Waals surface area contributed by atoms with Gasteiger partial charge in [0.1, 0.15) is 0 Å². The topological polar surface area (TPSA) is 36.1 Å². The first kappa shape index (κ1) is 15.2. The highest BCUT2D eigenvalue weighted by Gasteiger charge is 2.28. The smallest absolute Gasteiger partial charge is 0.0515 e. The Labute approximate surface area is 133 Å². The van der Waals surface area contributed by atoms with Gasteiger partial charge in [-0.3, -0.25) is 5.43 Å². The molecule has 3 atom stereocenters. The van der Waals surface area contributed by atoms with Crippen LogP contribution in [0.2, 0.25) is 0 Å². The first-order valence-electron chi connectivity index (χ1n) is 8.07. The van der Waals surface area contributed by atoms with E-state index in [4.69, 9.17) is 0 Å². The fourth-order valence-corrected chi connectivity index (χ4v) is 3.04. The molecule has 0 radical (unpaired) electrons. The highest BCUT2D eigenvalue weighted by atomic mass is 15.4. The van der Waals surface area contributed by atoms with E-state index in [1.165, 1.54) is 16.7 Å². The SMILES string of the molecule is Cc1ccc(C2NNCC2CNC(C)c2ccccc2)cc1. The first-order chi connectivity index (χ1) is 10.7. The van der Waals surface area contributed by atoms with Crippen LogP contribution >= 0.6 is 0 Å². The monoisotopic (exact) mass is 295 g/mol. The highest BCUT2D eigenvalue weighted by molar-refractivity contribution is 5.25. The van der Waals surface area contributed by atoms with Crippen LogP contribution in [0.25, 0.3) is 0 Å². The lowest BCUT2D eigenvalue weighted by molar-refractivity contribution is 0.418.